The number of methoxy groups -OCH3 is 1. The number of benzene rings is 1. The predicted molar refractivity (Wildman–Crippen MR) is 90.7 cm³/mol. The van der Waals surface area contributed by atoms with Crippen molar-refractivity contribution in [3.8, 4) is 5.75 Å². The first-order valence-electron chi connectivity index (χ1n) is 7.57. The number of anilines is 2. The summed E-state index contributed by atoms with van der Waals surface area (Å²) in [7, 11) is 1.61. The molecular formula is C17H17N5O3. The number of hydrogen-bond donors (Lipinski definition) is 2. The normalized spacial score (nSPS) is 10.3. The van der Waals surface area contributed by atoms with Gasteiger partial charge in [-0.25, -0.2) is 9.97 Å². The minimum absolute atomic E-state index is 0.250. The molecule has 1 amide bonds. The van der Waals surface area contributed by atoms with Crippen molar-refractivity contribution < 1.29 is 14.1 Å². The number of nitrogens with one attached hydrogen (secondary N) is 2. The van der Waals surface area contributed by atoms with Crippen LogP contribution in [-0.2, 0) is 6.54 Å². The fraction of sp³-hybridized carbons (Fsp3) is 0.176. The molecule has 0 saturated carbocycles. The van der Waals surface area contributed by atoms with Gasteiger partial charge in [-0.2, -0.15) is 0 Å². The van der Waals surface area contributed by atoms with E-state index in [0.29, 0.717) is 29.6 Å². The van der Waals surface area contributed by atoms with E-state index in [9.17, 15) is 4.79 Å². The van der Waals surface area contributed by atoms with Gasteiger partial charge in [0.25, 0.3) is 5.91 Å². The minimum Gasteiger partial charge on any atom is -0.497 e. The molecule has 0 aliphatic heterocycles. The smallest absolute Gasteiger partial charge is 0.254 e. The summed E-state index contributed by atoms with van der Waals surface area (Å²) in [5.41, 5.74) is 1.34. The molecule has 3 aromatic rings. The van der Waals surface area contributed by atoms with E-state index in [1.807, 2.05) is 24.3 Å². The van der Waals surface area contributed by atoms with E-state index in [1.165, 1.54) is 12.4 Å². The first-order valence-corrected chi connectivity index (χ1v) is 7.57. The van der Waals surface area contributed by atoms with Gasteiger partial charge < -0.3 is 19.9 Å². The maximum atomic E-state index is 12.2. The van der Waals surface area contributed by atoms with Crippen LogP contribution in [0.1, 0.15) is 21.7 Å². The van der Waals surface area contributed by atoms with E-state index in [2.05, 4.69) is 25.8 Å². The van der Waals surface area contributed by atoms with Gasteiger partial charge in [0, 0.05) is 25.0 Å². The second-order valence-corrected chi connectivity index (χ2v) is 5.27. The van der Waals surface area contributed by atoms with E-state index < -0.39 is 0 Å². The summed E-state index contributed by atoms with van der Waals surface area (Å²) in [6, 6.07) is 9.19. The molecule has 0 radical (unpaired) electrons. The van der Waals surface area contributed by atoms with Gasteiger partial charge in [-0.1, -0.05) is 17.3 Å². The number of aryl methyl sites for hydroxylation is 1. The fourth-order valence-electron chi connectivity index (χ4n) is 2.08. The number of rotatable bonds is 6. The van der Waals surface area contributed by atoms with Gasteiger partial charge in [-0.15, -0.1) is 0 Å². The second kappa shape index (κ2) is 7.43. The molecular weight excluding hydrogens is 322 g/mol. The molecule has 25 heavy (non-hydrogen) atoms. The number of aromatic nitrogens is 3. The van der Waals surface area contributed by atoms with Gasteiger partial charge in [-0.3, -0.25) is 4.79 Å². The third kappa shape index (κ3) is 4.31. The lowest BCUT2D eigenvalue weighted by molar-refractivity contribution is 0.0950. The Morgan fingerprint density at radius 3 is 2.52 bits per heavy atom. The van der Waals surface area contributed by atoms with E-state index in [1.54, 1.807) is 20.1 Å². The van der Waals surface area contributed by atoms with Crippen LogP contribution in [0.25, 0.3) is 0 Å². The summed E-state index contributed by atoms with van der Waals surface area (Å²) in [5.74, 6) is 2.04. The van der Waals surface area contributed by atoms with Crippen molar-refractivity contribution in [2.75, 3.05) is 12.4 Å². The zero-order chi connectivity index (χ0) is 17.6. The van der Waals surface area contributed by atoms with Gasteiger partial charge in [0.15, 0.2) is 5.82 Å². The molecule has 8 heteroatoms. The first-order chi connectivity index (χ1) is 12.1. The van der Waals surface area contributed by atoms with Crippen molar-refractivity contribution >= 4 is 17.7 Å². The number of carbonyl (C=O) groups is 1. The molecule has 0 saturated heterocycles. The molecule has 0 atom stereocenters. The Hall–Kier alpha value is -3.42. The Kier molecular flexibility index (Phi) is 4.89. The minimum atomic E-state index is -0.250. The largest absolute Gasteiger partial charge is 0.497 e. The number of amides is 1. The Morgan fingerprint density at radius 1 is 1.20 bits per heavy atom. The molecule has 2 N–H and O–H groups in total. The highest BCUT2D eigenvalue weighted by molar-refractivity contribution is 5.93. The molecule has 2 aromatic heterocycles. The summed E-state index contributed by atoms with van der Waals surface area (Å²) in [6.45, 7) is 2.19. The Morgan fingerprint density at radius 2 is 1.92 bits per heavy atom. The molecule has 2 heterocycles. The van der Waals surface area contributed by atoms with Crippen LogP contribution in [0, 0.1) is 6.92 Å². The molecule has 0 bridgehead atoms. The quantitative estimate of drug-likeness (QED) is 0.711. The van der Waals surface area contributed by atoms with Crippen molar-refractivity contribution in [2.24, 2.45) is 0 Å². The average molecular weight is 339 g/mol. The lowest BCUT2D eigenvalue weighted by Crippen LogP contribution is -2.23. The molecule has 1 aromatic carbocycles. The summed E-state index contributed by atoms with van der Waals surface area (Å²) in [5, 5.41) is 9.50. The second-order valence-electron chi connectivity index (χ2n) is 5.27. The summed E-state index contributed by atoms with van der Waals surface area (Å²) < 4.78 is 10.0. The van der Waals surface area contributed by atoms with E-state index in [-0.39, 0.29) is 5.91 Å². The molecule has 0 unspecified atom stereocenters. The van der Waals surface area contributed by atoms with Crippen LogP contribution in [0.4, 0.5) is 11.8 Å². The van der Waals surface area contributed by atoms with Gasteiger partial charge in [-0.05, 0) is 24.6 Å². The fourth-order valence-corrected chi connectivity index (χ4v) is 2.08. The van der Waals surface area contributed by atoms with Crippen molar-refractivity contribution in [1.29, 1.82) is 0 Å². The van der Waals surface area contributed by atoms with Crippen molar-refractivity contribution in [3.63, 3.8) is 0 Å². The predicted octanol–water partition coefficient (Wildman–Crippen LogP) is 2.46. The highest BCUT2D eigenvalue weighted by atomic mass is 16.5. The van der Waals surface area contributed by atoms with Crippen LogP contribution in [0.5, 0.6) is 5.75 Å². The monoisotopic (exact) mass is 339 g/mol. The van der Waals surface area contributed by atoms with Crippen molar-refractivity contribution in [3.05, 3.63) is 59.6 Å². The van der Waals surface area contributed by atoms with E-state index in [0.717, 1.165) is 11.3 Å². The standard InChI is InChI=1S/C17H17N5O3/c1-11-7-15(22-25-11)21-17-19-9-13(10-20-17)16(23)18-8-12-3-5-14(24-2)6-4-12/h3-7,9-10H,8H2,1-2H3,(H,18,23)(H,19,20,21,22). The average Bonchev–Trinajstić information content (AvgIpc) is 3.05. The van der Waals surface area contributed by atoms with Crippen molar-refractivity contribution in [2.45, 2.75) is 13.5 Å². The summed E-state index contributed by atoms with van der Waals surface area (Å²) in [6.07, 6.45) is 2.90. The molecule has 8 nitrogen and oxygen atoms in total. The maximum Gasteiger partial charge on any atom is 0.254 e. The summed E-state index contributed by atoms with van der Waals surface area (Å²) in [4.78, 5) is 20.4. The zero-order valence-electron chi connectivity index (χ0n) is 13.8. The summed E-state index contributed by atoms with van der Waals surface area (Å²) >= 11 is 0. The molecule has 0 aliphatic rings. The SMILES string of the molecule is COc1ccc(CNC(=O)c2cnc(Nc3cc(C)on3)nc2)cc1. The number of carbonyl (C=O) groups excluding carboxylic acids is 1. The van der Waals surface area contributed by atoms with E-state index in [4.69, 9.17) is 9.26 Å². The molecule has 3 rings (SSSR count). The first kappa shape index (κ1) is 16.4. The third-order valence-electron chi connectivity index (χ3n) is 3.39. The Labute approximate surface area is 144 Å². The van der Waals surface area contributed by atoms with Gasteiger partial charge in [0.05, 0.1) is 12.7 Å². The maximum absolute atomic E-state index is 12.2. The van der Waals surface area contributed by atoms with Gasteiger partial charge in [0.2, 0.25) is 5.95 Å². The lowest BCUT2D eigenvalue weighted by Gasteiger charge is -2.06. The number of ether oxygens (including phenoxy) is 1. The zero-order valence-corrected chi connectivity index (χ0v) is 13.8. The lowest BCUT2D eigenvalue weighted by atomic mass is 10.2. The number of hydrogen-bond acceptors (Lipinski definition) is 7. The Balaban J connectivity index is 1.56. The van der Waals surface area contributed by atoms with E-state index >= 15 is 0 Å². The van der Waals surface area contributed by atoms with Gasteiger partial charge >= 0.3 is 0 Å². The third-order valence-corrected chi connectivity index (χ3v) is 3.39. The molecule has 0 fully saturated rings. The number of nitrogens with zero attached hydrogens (tertiary/aromatic N) is 3. The highest BCUT2D eigenvalue weighted by Gasteiger charge is 2.08. The molecule has 0 aliphatic carbocycles. The van der Waals surface area contributed by atoms with Crippen LogP contribution in [-0.4, -0.2) is 28.1 Å². The van der Waals surface area contributed by atoms with Crippen LogP contribution < -0.4 is 15.4 Å². The van der Waals surface area contributed by atoms with Crippen LogP contribution in [0.2, 0.25) is 0 Å². The Bertz CT molecular complexity index is 843. The topological polar surface area (TPSA) is 102 Å². The molecule has 128 valence electrons. The van der Waals surface area contributed by atoms with Crippen LogP contribution in [0.15, 0.2) is 47.2 Å². The molecule has 0 spiro atoms. The highest BCUT2D eigenvalue weighted by Crippen LogP contribution is 2.13. The van der Waals surface area contributed by atoms with Crippen LogP contribution >= 0.6 is 0 Å². The van der Waals surface area contributed by atoms with Crippen molar-refractivity contribution in [1.82, 2.24) is 20.4 Å². The van der Waals surface area contributed by atoms with Gasteiger partial charge in [0.1, 0.15) is 11.5 Å². The van der Waals surface area contributed by atoms with Crippen LogP contribution in [0.3, 0.4) is 0 Å².